The quantitative estimate of drug-likeness (QED) is 0.693. The summed E-state index contributed by atoms with van der Waals surface area (Å²) in [6, 6.07) is 10.6. The molecule has 1 unspecified atom stereocenters. The van der Waals surface area contributed by atoms with Crippen LogP contribution in [-0.4, -0.2) is 12.7 Å². The minimum atomic E-state index is 0.461. The Labute approximate surface area is 86.1 Å². The predicted octanol–water partition coefficient (Wildman–Crippen LogP) is 3.04. The van der Waals surface area contributed by atoms with Crippen LogP contribution in [0.4, 0.5) is 0 Å². The summed E-state index contributed by atoms with van der Waals surface area (Å²) < 4.78 is 5.77. The Hall–Kier alpha value is -0.820. The van der Waals surface area contributed by atoms with Crippen molar-refractivity contribution in [2.45, 2.75) is 32.3 Å². The van der Waals surface area contributed by atoms with Crippen molar-refractivity contribution in [1.29, 1.82) is 0 Å². The molecule has 1 aromatic carbocycles. The fourth-order valence-corrected chi connectivity index (χ4v) is 1.89. The molecule has 0 saturated heterocycles. The summed E-state index contributed by atoms with van der Waals surface area (Å²) in [7, 11) is 0. The number of benzene rings is 1. The smallest absolute Gasteiger partial charge is 0.0643 e. The highest BCUT2D eigenvalue weighted by atomic mass is 16.5. The Kier molecular flexibility index (Phi) is 3.20. The van der Waals surface area contributed by atoms with Crippen LogP contribution in [0, 0.1) is 5.92 Å². The van der Waals surface area contributed by atoms with Gasteiger partial charge in [0, 0.05) is 6.61 Å². The lowest BCUT2D eigenvalue weighted by molar-refractivity contribution is 0.0476. The van der Waals surface area contributed by atoms with Crippen LogP contribution in [0.2, 0.25) is 0 Å². The SMILES string of the molecule is CCOC(Cc1ccccc1)C1CC1. The van der Waals surface area contributed by atoms with Gasteiger partial charge in [-0.3, -0.25) is 0 Å². The fraction of sp³-hybridized carbons (Fsp3) is 0.538. The zero-order valence-corrected chi connectivity index (χ0v) is 8.78. The second-order valence-corrected chi connectivity index (χ2v) is 4.02. The lowest BCUT2D eigenvalue weighted by Crippen LogP contribution is -2.18. The molecule has 0 aromatic heterocycles. The van der Waals surface area contributed by atoms with Gasteiger partial charge in [0.05, 0.1) is 6.10 Å². The van der Waals surface area contributed by atoms with Crippen molar-refractivity contribution >= 4 is 0 Å². The minimum Gasteiger partial charge on any atom is -0.378 e. The maximum Gasteiger partial charge on any atom is 0.0643 e. The van der Waals surface area contributed by atoms with E-state index in [-0.39, 0.29) is 0 Å². The van der Waals surface area contributed by atoms with Crippen LogP contribution >= 0.6 is 0 Å². The van der Waals surface area contributed by atoms with Gasteiger partial charge in [0.1, 0.15) is 0 Å². The molecule has 0 aliphatic heterocycles. The highest BCUT2D eigenvalue weighted by Crippen LogP contribution is 2.35. The van der Waals surface area contributed by atoms with Gasteiger partial charge in [-0.05, 0) is 37.7 Å². The molecule has 0 heterocycles. The third-order valence-electron chi connectivity index (χ3n) is 2.81. The Morgan fingerprint density at radius 3 is 2.57 bits per heavy atom. The Balaban J connectivity index is 1.93. The summed E-state index contributed by atoms with van der Waals surface area (Å²) in [6.07, 6.45) is 4.26. The van der Waals surface area contributed by atoms with Gasteiger partial charge in [0.25, 0.3) is 0 Å². The molecule has 0 spiro atoms. The van der Waals surface area contributed by atoms with Crippen molar-refractivity contribution in [3.8, 4) is 0 Å². The zero-order valence-electron chi connectivity index (χ0n) is 8.78. The van der Waals surface area contributed by atoms with E-state index < -0.39 is 0 Å². The van der Waals surface area contributed by atoms with E-state index in [9.17, 15) is 0 Å². The second-order valence-electron chi connectivity index (χ2n) is 4.02. The molecule has 0 amide bonds. The topological polar surface area (TPSA) is 9.23 Å². The summed E-state index contributed by atoms with van der Waals surface area (Å²) in [5.41, 5.74) is 1.40. The summed E-state index contributed by atoms with van der Waals surface area (Å²) in [4.78, 5) is 0. The van der Waals surface area contributed by atoms with Crippen LogP contribution in [0.15, 0.2) is 30.3 Å². The van der Waals surface area contributed by atoms with E-state index in [0.717, 1.165) is 18.9 Å². The lowest BCUT2D eigenvalue weighted by atomic mass is 10.0. The van der Waals surface area contributed by atoms with E-state index in [2.05, 4.69) is 37.3 Å². The fourth-order valence-electron chi connectivity index (χ4n) is 1.89. The minimum absolute atomic E-state index is 0.461. The van der Waals surface area contributed by atoms with E-state index in [0.29, 0.717) is 6.10 Å². The number of ether oxygens (including phenoxy) is 1. The molecule has 1 aliphatic carbocycles. The van der Waals surface area contributed by atoms with E-state index in [1.807, 2.05) is 0 Å². The Bertz CT molecular complexity index is 264. The van der Waals surface area contributed by atoms with E-state index in [1.54, 1.807) is 0 Å². The molecular formula is C13H18O. The lowest BCUT2D eigenvalue weighted by Gasteiger charge is -2.16. The molecule has 1 saturated carbocycles. The first-order chi connectivity index (χ1) is 6.90. The molecule has 1 aromatic rings. The molecule has 0 bridgehead atoms. The summed E-state index contributed by atoms with van der Waals surface area (Å²) in [6.45, 7) is 2.92. The van der Waals surface area contributed by atoms with Gasteiger partial charge in [0.2, 0.25) is 0 Å². The van der Waals surface area contributed by atoms with E-state index in [4.69, 9.17) is 4.74 Å². The molecule has 0 N–H and O–H groups in total. The third-order valence-corrected chi connectivity index (χ3v) is 2.81. The van der Waals surface area contributed by atoms with Gasteiger partial charge in [0.15, 0.2) is 0 Å². The van der Waals surface area contributed by atoms with E-state index in [1.165, 1.54) is 18.4 Å². The first kappa shape index (κ1) is 9.72. The first-order valence-corrected chi connectivity index (χ1v) is 5.55. The number of hydrogen-bond donors (Lipinski definition) is 0. The maximum atomic E-state index is 5.77. The van der Waals surface area contributed by atoms with Gasteiger partial charge in [-0.1, -0.05) is 30.3 Å². The average Bonchev–Trinajstić information content (AvgIpc) is 3.02. The third kappa shape index (κ3) is 2.58. The van der Waals surface area contributed by atoms with Crippen LogP contribution in [0.5, 0.6) is 0 Å². The molecular weight excluding hydrogens is 172 g/mol. The van der Waals surface area contributed by atoms with Crippen molar-refractivity contribution in [2.24, 2.45) is 5.92 Å². The largest absolute Gasteiger partial charge is 0.378 e. The van der Waals surface area contributed by atoms with Crippen LogP contribution < -0.4 is 0 Å². The van der Waals surface area contributed by atoms with Crippen LogP contribution in [-0.2, 0) is 11.2 Å². The standard InChI is InChI=1S/C13H18O/c1-2-14-13(12-8-9-12)10-11-6-4-3-5-7-11/h3-7,12-13H,2,8-10H2,1H3. The number of rotatable bonds is 5. The normalized spacial score (nSPS) is 18.1. The Morgan fingerprint density at radius 1 is 1.29 bits per heavy atom. The number of hydrogen-bond acceptors (Lipinski definition) is 1. The van der Waals surface area contributed by atoms with Crippen molar-refractivity contribution in [2.75, 3.05) is 6.61 Å². The maximum absolute atomic E-state index is 5.77. The molecule has 0 radical (unpaired) electrons. The summed E-state index contributed by atoms with van der Waals surface area (Å²) in [5, 5.41) is 0. The molecule has 1 fully saturated rings. The van der Waals surface area contributed by atoms with Crippen LogP contribution in [0.3, 0.4) is 0 Å². The highest BCUT2D eigenvalue weighted by molar-refractivity contribution is 5.16. The molecule has 1 heteroatoms. The first-order valence-electron chi connectivity index (χ1n) is 5.55. The predicted molar refractivity (Wildman–Crippen MR) is 58.3 cm³/mol. The van der Waals surface area contributed by atoms with E-state index >= 15 is 0 Å². The van der Waals surface area contributed by atoms with Gasteiger partial charge in [-0.15, -0.1) is 0 Å². The molecule has 1 aliphatic rings. The average molecular weight is 190 g/mol. The highest BCUT2D eigenvalue weighted by Gasteiger charge is 2.31. The Morgan fingerprint density at radius 2 is 2.00 bits per heavy atom. The van der Waals surface area contributed by atoms with Crippen LogP contribution in [0.1, 0.15) is 25.3 Å². The second kappa shape index (κ2) is 4.61. The monoisotopic (exact) mass is 190 g/mol. The summed E-state index contributed by atoms with van der Waals surface area (Å²) in [5.74, 6) is 0.829. The molecule has 76 valence electrons. The zero-order chi connectivity index (χ0) is 9.80. The van der Waals surface area contributed by atoms with Gasteiger partial charge >= 0.3 is 0 Å². The molecule has 1 nitrogen and oxygen atoms in total. The molecule has 2 rings (SSSR count). The van der Waals surface area contributed by atoms with Gasteiger partial charge in [-0.2, -0.15) is 0 Å². The van der Waals surface area contributed by atoms with Crippen LogP contribution in [0.25, 0.3) is 0 Å². The van der Waals surface area contributed by atoms with Crippen molar-refractivity contribution in [1.82, 2.24) is 0 Å². The van der Waals surface area contributed by atoms with Gasteiger partial charge in [-0.25, -0.2) is 0 Å². The van der Waals surface area contributed by atoms with Gasteiger partial charge < -0.3 is 4.74 Å². The van der Waals surface area contributed by atoms with Crippen molar-refractivity contribution in [3.05, 3.63) is 35.9 Å². The molecule has 14 heavy (non-hydrogen) atoms. The van der Waals surface area contributed by atoms with Crippen molar-refractivity contribution < 1.29 is 4.74 Å². The van der Waals surface area contributed by atoms with Crippen molar-refractivity contribution in [3.63, 3.8) is 0 Å². The summed E-state index contributed by atoms with van der Waals surface area (Å²) >= 11 is 0. The molecule has 1 atom stereocenters.